The average Bonchev–Trinajstić information content (AvgIpc) is 3.16. The molecule has 2 aliphatic heterocycles. The number of esters is 2. The van der Waals surface area contributed by atoms with Crippen molar-refractivity contribution in [2.24, 2.45) is 11.1 Å². The van der Waals surface area contributed by atoms with Crippen LogP contribution in [0.15, 0.2) is 10.4 Å². The highest BCUT2D eigenvalue weighted by molar-refractivity contribution is 8.01. The van der Waals surface area contributed by atoms with Crippen LogP contribution in [0, 0.1) is 5.41 Å². The van der Waals surface area contributed by atoms with Crippen molar-refractivity contribution in [1.29, 1.82) is 0 Å². The van der Waals surface area contributed by atoms with Crippen LogP contribution in [0.1, 0.15) is 0 Å². The molecular formula is C13H16N4O5S3. The van der Waals surface area contributed by atoms with Gasteiger partial charge in [-0.05, 0) is 11.5 Å². The monoisotopic (exact) mass is 404 g/mol. The van der Waals surface area contributed by atoms with E-state index in [0.29, 0.717) is 11.5 Å². The highest BCUT2D eigenvalue weighted by Crippen LogP contribution is 2.44. The molecule has 0 saturated carbocycles. The van der Waals surface area contributed by atoms with E-state index in [1.165, 1.54) is 42.2 Å². The molecule has 3 rings (SSSR count). The van der Waals surface area contributed by atoms with Gasteiger partial charge in [0.15, 0.2) is 6.61 Å². The summed E-state index contributed by atoms with van der Waals surface area (Å²) < 4.78 is 14.3. The molecule has 136 valence electrons. The molecule has 25 heavy (non-hydrogen) atoms. The van der Waals surface area contributed by atoms with Gasteiger partial charge < -0.3 is 20.1 Å². The molecule has 2 aliphatic rings. The van der Waals surface area contributed by atoms with Crippen LogP contribution in [-0.4, -0.2) is 75.5 Å². The van der Waals surface area contributed by atoms with Crippen LogP contribution in [0.5, 0.6) is 0 Å². The van der Waals surface area contributed by atoms with Gasteiger partial charge in [-0.1, -0.05) is 4.49 Å². The van der Waals surface area contributed by atoms with E-state index in [9.17, 15) is 14.4 Å². The van der Waals surface area contributed by atoms with E-state index in [-0.39, 0.29) is 17.8 Å². The van der Waals surface area contributed by atoms with Crippen molar-refractivity contribution in [1.82, 2.24) is 14.5 Å². The SMILES string of the molecule is COC(=O)COC(=O)C1(CSc2cnns2)CS[C@@H]2C(N)C(=O)N2C1. The minimum Gasteiger partial charge on any atom is -0.466 e. The highest BCUT2D eigenvalue weighted by atomic mass is 32.2. The summed E-state index contributed by atoms with van der Waals surface area (Å²) in [4.78, 5) is 37.6. The standard InChI is InChI=1S/C13H16N4O5S3/c1-21-7(18)3-22-12(20)13(5-23-8-2-15-16-25-8)4-17-10(19)9(14)11(17)24-6-13/h2,9,11H,3-6,14H2,1H3/t9?,11-,13?/m1/s1. The zero-order chi connectivity index (χ0) is 18.0. The van der Waals surface area contributed by atoms with Gasteiger partial charge in [-0.15, -0.1) is 28.6 Å². The number of hydrogen-bond acceptors (Lipinski definition) is 11. The number of methoxy groups -OCH3 is 1. The fourth-order valence-electron chi connectivity index (χ4n) is 2.57. The minimum absolute atomic E-state index is 0.107. The van der Waals surface area contributed by atoms with Crippen LogP contribution in [0.2, 0.25) is 0 Å². The fraction of sp³-hybridized carbons (Fsp3) is 0.615. The Bertz CT molecular complexity index is 673. The predicted octanol–water partition coefficient (Wildman–Crippen LogP) is -0.425. The Morgan fingerprint density at radius 2 is 2.36 bits per heavy atom. The van der Waals surface area contributed by atoms with Crippen molar-refractivity contribution in [3.63, 3.8) is 0 Å². The molecule has 2 N–H and O–H groups in total. The molecule has 1 aromatic heterocycles. The van der Waals surface area contributed by atoms with Crippen molar-refractivity contribution in [2.75, 3.05) is 31.8 Å². The number of hydrogen-bond donors (Lipinski definition) is 1. The second-order valence-electron chi connectivity index (χ2n) is 5.65. The first kappa shape index (κ1) is 18.4. The second-order valence-corrected chi connectivity index (χ2v) is 8.82. The summed E-state index contributed by atoms with van der Waals surface area (Å²) in [5.74, 6) is -0.496. The Morgan fingerprint density at radius 3 is 3.04 bits per heavy atom. The Kier molecular flexibility index (Phi) is 5.51. The van der Waals surface area contributed by atoms with Gasteiger partial charge in [0.1, 0.15) is 21.0 Å². The van der Waals surface area contributed by atoms with Crippen LogP contribution < -0.4 is 5.73 Å². The van der Waals surface area contributed by atoms with Gasteiger partial charge in [0.2, 0.25) is 5.91 Å². The van der Waals surface area contributed by atoms with E-state index in [1.807, 2.05) is 0 Å². The lowest BCUT2D eigenvalue weighted by Crippen LogP contribution is -2.72. The summed E-state index contributed by atoms with van der Waals surface area (Å²) >= 11 is 4.11. The van der Waals surface area contributed by atoms with E-state index in [1.54, 1.807) is 11.1 Å². The van der Waals surface area contributed by atoms with Gasteiger partial charge in [0.05, 0.1) is 13.3 Å². The number of amides is 1. The number of nitrogens with zero attached hydrogens (tertiary/aromatic N) is 3. The third kappa shape index (κ3) is 3.61. The number of ether oxygens (including phenoxy) is 2. The number of carbonyl (C=O) groups excluding carboxylic acids is 3. The van der Waals surface area contributed by atoms with Crippen molar-refractivity contribution in [3.8, 4) is 0 Å². The normalized spacial score (nSPS) is 28.1. The van der Waals surface area contributed by atoms with E-state index in [0.717, 1.165) is 4.21 Å². The molecule has 0 aliphatic carbocycles. The molecule has 3 heterocycles. The zero-order valence-corrected chi connectivity index (χ0v) is 15.7. The number of aromatic nitrogens is 2. The predicted molar refractivity (Wildman–Crippen MR) is 92.0 cm³/mol. The van der Waals surface area contributed by atoms with Gasteiger partial charge in [-0.3, -0.25) is 9.59 Å². The number of β-lactam (4-membered cyclic amide) rings is 1. The Hall–Kier alpha value is -1.37. The molecule has 9 nitrogen and oxygen atoms in total. The molecule has 1 amide bonds. The maximum Gasteiger partial charge on any atom is 0.344 e. The summed E-state index contributed by atoms with van der Waals surface area (Å²) in [5.41, 5.74) is 4.87. The average molecular weight is 404 g/mol. The quantitative estimate of drug-likeness (QED) is 0.379. The Labute approximate surface area is 156 Å². The van der Waals surface area contributed by atoms with Crippen LogP contribution in [0.4, 0.5) is 0 Å². The largest absolute Gasteiger partial charge is 0.466 e. The molecule has 2 unspecified atom stereocenters. The van der Waals surface area contributed by atoms with E-state index in [4.69, 9.17) is 10.5 Å². The summed E-state index contributed by atoms with van der Waals surface area (Å²) in [6.45, 7) is -0.234. The van der Waals surface area contributed by atoms with Gasteiger partial charge in [0, 0.05) is 18.1 Å². The lowest BCUT2D eigenvalue weighted by molar-refractivity contribution is -0.166. The smallest absolute Gasteiger partial charge is 0.344 e. The Morgan fingerprint density at radius 1 is 1.56 bits per heavy atom. The third-order valence-electron chi connectivity index (χ3n) is 4.00. The van der Waals surface area contributed by atoms with Crippen LogP contribution in [0.3, 0.4) is 0 Å². The van der Waals surface area contributed by atoms with Crippen molar-refractivity contribution < 1.29 is 23.9 Å². The molecule has 0 aromatic carbocycles. The van der Waals surface area contributed by atoms with E-state index < -0.39 is 30.0 Å². The first-order valence-electron chi connectivity index (χ1n) is 7.29. The Balaban J connectivity index is 1.72. The second kappa shape index (κ2) is 7.48. The fourth-order valence-corrected chi connectivity index (χ4v) is 5.79. The topological polar surface area (TPSA) is 125 Å². The number of nitrogens with two attached hydrogens (primary N) is 1. The van der Waals surface area contributed by atoms with Crippen molar-refractivity contribution >= 4 is 52.9 Å². The molecular weight excluding hydrogens is 388 g/mol. The molecule has 3 atom stereocenters. The molecule has 12 heteroatoms. The maximum absolute atomic E-state index is 12.7. The van der Waals surface area contributed by atoms with E-state index >= 15 is 0 Å². The first-order chi connectivity index (χ1) is 12.0. The zero-order valence-electron chi connectivity index (χ0n) is 13.2. The third-order valence-corrected chi connectivity index (χ3v) is 7.73. The van der Waals surface area contributed by atoms with Crippen LogP contribution in [0.25, 0.3) is 0 Å². The molecule has 2 fully saturated rings. The molecule has 0 spiro atoms. The van der Waals surface area contributed by atoms with Gasteiger partial charge >= 0.3 is 11.9 Å². The maximum atomic E-state index is 12.7. The molecule has 1 aromatic rings. The number of fused-ring (bicyclic) bond motifs is 1. The lowest BCUT2D eigenvalue weighted by Gasteiger charge is -2.53. The lowest BCUT2D eigenvalue weighted by atomic mass is 9.89. The number of carbonyl (C=O) groups is 3. The summed E-state index contributed by atoms with van der Waals surface area (Å²) in [6, 6.07) is -0.521. The first-order valence-corrected chi connectivity index (χ1v) is 10.1. The van der Waals surface area contributed by atoms with Crippen LogP contribution in [-0.2, 0) is 23.9 Å². The number of thioether (sulfide) groups is 2. The minimum atomic E-state index is -0.931. The van der Waals surface area contributed by atoms with E-state index in [2.05, 4.69) is 14.3 Å². The summed E-state index contributed by atoms with van der Waals surface area (Å²) in [5, 5.41) is 3.66. The van der Waals surface area contributed by atoms with Crippen molar-refractivity contribution in [2.45, 2.75) is 15.6 Å². The van der Waals surface area contributed by atoms with Crippen molar-refractivity contribution in [3.05, 3.63) is 6.20 Å². The molecule has 0 bridgehead atoms. The van der Waals surface area contributed by atoms with Gasteiger partial charge in [0.25, 0.3) is 0 Å². The summed E-state index contributed by atoms with van der Waals surface area (Å²) in [6.07, 6.45) is 1.62. The molecule has 2 saturated heterocycles. The summed E-state index contributed by atoms with van der Waals surface area (Å²) in [7, 11) is 1.22. The van der Waals surface area contributed by atoms with Gasteiger partial charge in [-0.25, -0.2) is 4.79 Å². The van der Waals surface area contributed by atoms with Gasteiger partial charge in [-0.2, -0.15) is 0 Å². The molecule has 0 radical (unpaired) electrons. The van der Waals surface area contributed by atoms with Crippen LogP contribution >= 0.6 is 35.1 Å². The number of rotatable bonds is 6. The highest BCUT2D eigenvalue weighted by Gasteiger charge is 2.56.